The van der Waals surface area contributed by atoms with Gasteiger partial charge in [-0.05, 0) is 37.3 Å². The Hall–Kier alpha value is -3.73. The molecule has 1 fully saturated rings. The maximum atomic E-state index is 13.3. The van der Waals surface area contributed by atoms with Gasteiger partial charge in [-0.1, -0.05) is 18.2 Å². The molecule has 10 nitrogen and oxygen atoms in total. The van der Waals surface area contributed by atoms with Crippen molar-refractivity contribution >= 4 is 33.0 Å². The molecule has 2 aromatic carbocycles. The molecule has 1 aliphatic rings. The molecule has 0 aliphatic carbocycles. The second kappa shape index (κ2) is 9.41. The third kappa shape index (κ3) is 4.58. The Kier molecular flexibility index (Phi) is 6.40. The van der Waals surface area contributed by atoms with Gasteiger partial charge in [0, 0.05) is 51.2 Å². The van der Waals surface area contributed by atoms with Gasteiger partial charge in [-0.2, -0.15) is 0 Å². The lowest BCUT2D eigenvalue weighted by Crippen LogP contribution is -2.47. The zero-order valence-corrected chi connectivity index (χ0v) is 18.9. The van der Waals surface area contributed by atoms with Gasteiger partial charge in [0.05, 0.1) is 15.5 Å². The van der Waals surface area contributed by atoms with Crippen molar-refractivity contribution in [2.75, 3.05) is 46.8 Å². The second-order valence-electron chi connectivity index (χ2n) is 7.44. The van der Waals surface area contributed by atoms with Crippen LogP contribution >= 0.6 is 0 Å². The van der Waals surface area contributed by atoms with Gasteiger partial charge in [0.25, 0.3) is 15.7 Å². The summed E-state index contributed by atoms with van der Waals surface area (Å²) >= 11 is 0. The number of hydrogen-bond acceptors (Lipinski definition) is 8. The van der Waals surface area contributed by atoms with Gasteiger partial charge in [-0.15, -0.1) is 0 Å². The maximum Gasteiger partial charge on any atom is 0.293 e. The number of nitro benzene ring substituents is 1. The smallest absolute Gasteiger partial charge is 0.293 e. The summed E-state index contributed by atoms with van der Waals surface area (Å²) in [4.78, 5) is 23.6. The number of benzene rings is 2. The molecular weight excluding hydrogens is 444 g/mol. The van der Waals surface area contributed by atoms with E-state index in [1.807, 2.05) is 9.80 Å². The SMILES string of the molecule is CCN(c1ccccc1)S(=O)(=O)c1ccc(N2CCN(c3ncccn3)CC2)c([N+](=O)[O-])c1. The van der Waals surface area contributed by atoms with E-state index in [4.69, 9.17) is 0 Å². The van der Waals surface area contributed by atoms with E-state index in [1.54, 1.807) is 55.7 Å². The molecule has 0 saturated carbocycles. The van der Waals surface area contributed by atoms with Crippen molar-refractivity contribution in [2.24, 2.45) is 0 Å². The van der Waals surface area contributed by atoms with Crippen molar-refractivity contribution in [1.82, 2.24) is 9.97 Å². The lowest BCUT2D eigenvalue weighted by atomic mass is 10.2. The Labute approximate surface area is 192 Å². The van der Waals surface area contributed by atoms with Crippen LogP contribution in [0, 0.1) is 10.1 Å². The average molecular weight is 469 g/mol. The lowest BCUT2D eigenvalue weighted by Gasteiger charge is -2.35. The van der Waals surface area contributed by atoms with Crippen LogP contribution < -0.4 is 14.1 Å². The fraction of sp³-hybridized carbons (Fsp3) is 0.273. The van der Waals surface area contributed by atoms with E-state index in [-0.39, 0.29) is 17.1 Å². The van der Waals surface area contributed by atoms with Gasteiger partial charge in [0.2, 0.25) is 5.95 Å². The van der Waals surface area contributed by atoms with Crippen LogP contribution in [0.25, 0.3) is 0 Å². The van der Waals surface area contributed by atoms with Crippen molar-refractivity contribution in [3.63, 3.8) is 0 Å². The molecule has 1 saturated heterocycles. The molecular formula is C22H24N6O4S. The molecule has 1 aliphatic heterocycles. The number of hydrogen-bond donors (Lipinski definition) is 0. The topological polar surface area (TPSA) is 113 Å². The average Bonchev–Trinajstić information content (AvgIpc) is 2.85. The molecule has 0 unspecified atom stereocenters. The lowest BCUT2D eigenvalue weighted by molar-refractivity contribution is -0.384. The standard InChI is InChI=1S/C22H24N6O4S/c1-2-27(18-7-4-3-5-8-18)33(31,32)19-9-10-20(21(17-19)28(29)30)25-13-15-26(16-14-25)22-23-11-6-12-24-22/h3-12,17H,2,13-16H2,1H3. The molecule has 11 heteroatoms. The summed E-state index contributed by atoms with van der Waals surface area (Å²) in [6.07, 6.45) is 3.35. The number of piperazine rings is 1. The minimum Gasteiger partial charge on any atom is -0.362 e. The number of aromatic nitrogens is 2. The molecule has 0 amide bonds. The second-order valence-corrected chi connectivity index (χ2v) is 9.30. The highest BCUT2D eigenvalue weighted by atomic mass is 32.2. The quantitative estimate of drug-likeness (QED) is 0.384. The zero-order chi connectivity index (χ0) is 23.4. The highest BCUT2D eigenvalue weighted by molar-refractivity contribution is 7.92. The van der Waals surface area contributed by atoms with Crippen LogP contribution in [0.15, 0.2) is 71.9 Å². The van der Waals surface area contributed by atoms with E-state index in [0.29, 0.717) is 43.5 Å². The number of anilines is 3. The molecule has 172 valence electrons. The monoisotopic (exact) mass is 468 g/mol. The van der Waals surface area contributed by atoms with Gasteiger partial charge in [0.15, 0.2) is 0 Å². The first kappa shape index (κ1) is 22.5. The summed E-state index contributed by atoms with van der Waals surface area (Å²) in [7, 11) is -3.97. The highest BCUT2D eigenvalue weighted by Crippen LogP contribution is 2.33. The first-order chi connectivity index (χ1) is 15.9. The molecule has 0 N–H and O–H groups in total. The first-order valence-electron chi connectivity index (χ1n) is 10.5. The van der Waals surface area contributed by atoms with E-state index in [1.165, 1.54) is 16.4 Å². The van der Waals surface area contributed by atoms with E-state index < -0.39 is 14.9 Å². The predicted molar refractivity (Wildman–Crippen MR) is 126 cm³/mol. The summed E-state index contributed by atoms with van der Waals surface area (Å²) in [5, 5.41) is 11.9. The van der Waals surface area contributed by atoms with Crippen molar-refractivity contribution in [2.45, 2.75) is 11.8 Å². The number of nitrogens with zero attached hydrogens (tertiary/aromatic N) is 6. The molecule has 33 heavy (non-hydrogen) atoms. The molecule has 1 aromatic heterocycles. The van der Waals surface area contributed by atoms with E-state index >= 15 is 0 Å². The minimum atomic E-state index is -3.97. The van der Waals surface area contributed by atoms with Crippen molar-refractivity contribution in [3.8, 4) is 0 Å². The molecule has 0 bridgehead atoms. The van der Waals surface area contributed by atoms with Gasteiger partial charge >= 0.3 is 0 Å². The van der Waals surface area contributed by atoms with Crippen LogP contribution in [0.3, 0.4) is 0 Å². The fourth-order valence-electron chi connectivity index (χ4n) is 3.89. The summed E-state index contributed by atoms with van der Waals surface area (Å²) in [6.45, 7) is 4.17. The van der Waals surface area contributed by atoms with E-state index in [2.05, 4.69) is 9.97 Å². The number of nitro groups is 1. The van der Waals surface area contributed by atoms with Crippen LogP contribution in [0.1, 0.15) is 6.92 Å². The van der Waals surface area contributed by atoms with Gasteiger partial charge < -0.3 is 9.80 Å². The zero-order valence-electron chi connectivity index (χ0n) is 18.1. The Morgan fingerprint density at radius 2 is 1.61 bits per heavy atom. The van der Waals surface area contributed by atoms with Crippen LogP contribution in [-0.4, -0.2) is 56.0 Å². The summed E-state index contributed by atoms with van der Waals surface area (Å²) in [6, 6.07) is 14.6. The summed E-state index contributed by atoms with van der Waals surface area (Å²) < 4.78 is 27.8. The third-order valence-electron chi connectivity index (χ3n) is 5.52. The molecule has 0 radical (unpaired) electrons. The molecule has 4 rings (SSSR count). The largest absolute Gasteiger partial charge is 0.362 e. The van der Waals surface area contributed by atoms with Crippen LogP contribution in [0.2, 0.25) is 0 Å². The first-order valence-corrected chi connectivity index (χ1v) is 12.0. The van der Waals surface area contributed by atoms with Crippen LogP contribution in [-0.2, 0) is 10.0 Å². The highest BCUT2D eigenvalue weighted by Gasteiger charge is 2.30. The maximum absolute atomic E-state index is 13.3. The molecule has 3 aromatic rings. The Balaban J connectivity index is 1.60. The minimum absolute atomic E-state index is 0.111. The van der Waals surface area contributed by atoms with Gasteiger partial charge in [-0.25, -0.2) is 18.4 Å². The van der Waals surface area contributed by atoms with Crippen molar-refractivity contribution < 1.29 is 13.3 Å². The van der Waals surface area contributed by atoms with Crippen molar-refractivity contribution in [3.05, 3.63) is 77.1 Å². The summed E-state index contributed by atoms with van der Waals surface area (Å²) in [5.41, 5.74) is 0.672. The Bertz CT molecular complexity index is 1220. The van der Waals surface area contributed by atoms with Crippen LogP contribution in [0.5, 0.6) is 0 Å². The number of para-hydroxylation sites is 1. The van der Waals surface area contributed by atoms with Gasteiger partial charge in [0.1, 0.15) is 5.69 Å². The number of sulfonamides is 1. The molecule has 2 heterocycles. The van der Waals surface area contributed by atoms with Crippen LogP contribution in [0.4, 0.5) is 23.0 Å². The predicted octanol–water partition coefficient (Wildman–Crippen LogP) is 2.93. The third-order valence-corrected chi connectivity index (χ3v) is 7.42. The van der Waals surface area contributed by atoms with E-state index in [9.17, 15) is 18.5 Å². The fourth-order valence-corrected chi connectivity index (χ4v) is 5.39. The molecule has 0 spiro atoms. The Morgan fingerprint density at radius 1 is 0.970 bits per heavy atom. The summed E-state index contributed by atoms with van der Waals surface area (Å²) in [5.74, 6) is 0.619. The number of rotatable bonds is 7. The van der Waals surface area contributed by atoms with Crippen molar-refractivity contribution in [1.29, 1.82) is 0 Å². The van der Waals surface area contributed by atoms with E-state index in [0.717, 1.165) is 6.07 Å². The normalized spacial score (nSPS) is 14.2. The van der Waals surface area contributed by atoms with Gasteiger partial charge in [-0.3, -0.25) is 14.4 Å². The Morgan fingerprint density at radius 3 is 2.21 bits per heavy atom. The molecule has 0 atom stereocenters.